The number of halogens is 1. The highest BCUT2D eigenvalue weighted by Crippen LogP contribution is 2.34. The van der Waals surface area contributed by atoms with Gasteiger partial charge in [0, 0.05) is 33.8 Å². The van der Waals surface area contributed by atoms with Gasteiger partial charge < -0.3 is 20.1 Å². The maximum atomic E-state index is 13.9. The van der Waals surface area contributed by atoms with Crippen LogP contribution >= 0.6 is 0 Å². The third kappa shape index (κ3) is 7.25. The lowest BCUT2D eigenvalue weighted by Gasteiger charge is -2.31. The molecule has 3 rings (SSSR count). The van der Waals surface area contributed by atoms with E-state index >= 15 is 0 Å². The zero-order valence-corrected chi connectivity index (χ0v) is 20.7. The average molecular weight is 506 g/mol. The molecule has 11 heteroatoms. The largest absolute Gasteiger partial charge is 0.454 e. The van der Waals surface area contributed by atoms with Gasteiger partial charge in [0.25, 0.3) is 0 Å². The molecular formula is C24H28FN3O6S. The van der Waals surface area contributed by atoms with Crippen LogP contribution in [0.5, 0.6) is 11.5 Å². The number of anilines is 2. The molecule has 0 aromatic heterocycles. The number of nitrogens with one attached hydrogen (secondary N) is 2. The molecule has 0 spiro atoms. The van der Waals surface area contributed by atoms with Gasteiger partial charge in [0.05, 0.1) is 0 Å². The van der Waals surface area contributed by atoms with Gasteiger partial charge in [0.15, 0.2) is 11.5 Å². The summed E-state index contributed by atoms with van der Waals surface area (Å²) < 4.78 is 37.0. The highest BCUT2D eigenvalue weighted by atomic mass is 32.2. The van der Waals surface area contributed by atoms with Crippen molar-refractivity contribution in [3.63, 3.8) is 0 Å². The van der Waals surface area contributed by atoms with E-state index in [9.17, 15) is 23.0 Å². The molecule has 0 bridgehead atoms. The van der Waals surface area contributed by atoms with Crippen LogP contribution in [0.1, 0.15) is 27.7 Å². The molecule has 0 aliphatic carbocycles. The zero-order chi connectivity index (χ0) is 25.8. The maximum absolute atomic E-state index is 13.9. The number of fused-ring (bicyclic) bond motifs is 1. The van der Waals surface area contributed by atoms with E-state index in [1.165, 1.54) is 25.1 Å². The van der Waals surface area contributed by atoms with Crippen LogP contribution in [0.2, 0.25) is 0 Å². The predicted octanol–water partition coefficient (Wildman–Crippen LogP) is 2.58. The Bertz CT molecular complexity index is 1150. The molecule has 2 atom stereocenters. The first kappa shape index (κ1) is 26.1. The molecule has 0 fully saturated rings. The Balaban J connectivity index is 1.68. The van der Waals surface area contributed by atoms with E-state index in [1.807, 2.05) is 0 Å². The minimum atomic E-state index is -1.89. The van der Waals surface area contributed by atoms with Crippen molar-refractivity contribution < 1.29 is 32.5 Å². The van der Waals surface area contributed by atoms with Crippen molar-refractivity contribution in [2.75, 3.05) is 28.5 Å². The van der Waals surface area contributed by atoms with Crippen LogP contribution < -0.4 is 25.0 Å². The number of rotatable bonds is 8. The molecule has 35 heavy (non-hydrogen) atoms. The quantitative estimate of drug-likeness (QED) is 0.570. The number of nitrogens with zero attached hydrogens (tertiary/aromatic N) is 1. The van der Waals surface area contributed by atoms with Gasteiger partial charge in [-0.3, -0.25) is 23.5 Å². The van der Waals surface area contributed by atoms with Crippen LogP contribution in [0.4, 0.5) is 15.8 Å². The minimum absolute atomic E-state index is 0.0902. The van der Waals surface area contributed by atoms with Crippen LogP contribution in [0.15, 0.2) is 42.5 Å². The van der Waals surface area contributed by atoms with E-state index in [4.69, 9.17) is 9.47 Å². The molecular weight excluding hydrogens is 477 g/mol. The number of hydrogen-bond donors (Lipinski definition) is 2. The summed E-state index contributed by atoms with van der Waals surface area (Å²) in [7, 11) is -1.89. The number of carbonyl (C=O) groups is 3. The van der Waals surface area contributed by atoms with Crippen LogP contribution in [0.3, 0.4) is 0 Å². The van der Waals surface area contributed by atoms with Crippen molar-refractivity contribution in [1.29, 1.82) is 0 Å². The Labute approximate surface area is 205 Å². The van der Waals surface area contributed by atoms with Gasteiger partial charge in [-0.2, -0.15) is 0 Å². The summed E-state index contributed by atoms with van der Waals surface area (Å²) in [6.07, 6.45) is 0. The van der Waals surface area contributed by atoms with Gasteiger partial charge in [0.2, 0.25) is 24.5 Å². The van der Waals surface area contributed by atoms with Crippen LogP contribution in [-0.2, 0) is 25.2 Å². The number of amides is 3. The van der Waals surface area contributed by atoms with Crippen LogP contribution in [-0.4, -0.2) is 51.8 Å². The number of benzene rings is 2. The van der Waals surface area contributed by atoms with E-state index in [2.05, 4.69) is 10.6 Å². The van der Waals surface area contributed by atoms with Crippen molar-refractivity contribution in [1.82, 2.24) is 5.32 Å². The smallest absolute Gasteiger partial charge is 0.243 e. The zero-order valence-electron chi connectivity index (χ0n) is 19.9. The number of carbonyl (C=O) groups excluding carboxylic acids is 3. The molecule has 2 N–H and O–H groups in total. The first-order chi connectivity index (χ1) is 16.4. The summed E-state index contributed by atoms with van der Waals surface area (Å²) in [4.78, 5) is 39.3. The second-order valence-electron chi connectivity index (χ2n) is 9.00. The third-order valence-corrected chi connectivity index (χ3v) is 6.01. The third-order valence-electron chi connectivity index (χ3n) is 4.85. The number of ether oxygens (including phenoxy) is 2. The first-order valence-corrected chi connectivity index (χ1v) is 12.4. The van der Waals surface area contributed by atoms with E-state index in [0.29, 0.717) is 17.2 Å². The predicted molar refractivity (Wildman–Crippen MR) is 130 cm³/mol. The lowest BCUT2D eigenvalue weighted by atomic mass is 10.1. The van der Waals surface area contributed by atoms with Gasteiger partial charge in [-0.15, -0.1) is 0 Å². The molecule has 3 amide bonds. The highest BCUT2D eigenvalue weighted by Gasteiger charge is 2.31. The Morgan fingerprint density at radius 2 is 1.80 bits per heavy atom. The molecule has 1 aliphatic heterocycles. The molecule has 1 heterocycles. The maximum Gasteiger partial charge on any atom is 0.243 e. The summed E-state index contributed by atoms with van der Waals surface area (Å²) in [5.74, 6) is -2.23. The Kier molecular flexibility index (Phi) is 8.11. The number of hydrogen-bond acceptors (Lipinski definition) is 6. The van der Waals surface area contributed by atoms with Crippen LogP contribution in [0, 0.1) is 5.82 Å². The Morgan fingerprint density at radius 1 is 1.09 bits per heavy atom. The fourth-order valence-corrected chi connectivity index (χ4v) is 4.26. The Morgan fingerprint density at radius 3 is 2.49 bits per heavy atom. The summed E-state index contributed by atoms with van der Waals surface area (Å²) in [6.45, 7) is 6.96. The minimum Gasteiger partial charge on any atom is -0.454 e. The van der Waals surface area contributed by atoms with Gasteiger partial charge in [-0.05, 0) is 58.0 Å². The topological polar surface area (TPSA) is 114 Å². The van der Waals surface area contributed by atoms with Gasteiger partial charge in [-0.25, -0.2) is 4.39 Å². The second kappa shape index (κ2) is 10.9. The SMILES string of the molecule is CC(C(=O)NC(C)(C)C)N(C(=O)CS(=O)CC(=O)Nc1ccc2c(c1)OCO2)c1cccc(F)c1. The normalized spacial score (nSPS) is 14.1. The van der Waals surface area contributed by atoms with Crippen molar-refractivity contribution >= 4 is 39.9 Å². The van der Waals surface area contributed by atoms with Gasteiger partial charge in [-0.1, -0.05) is 6.07 Å². The van der Waals surface area contributed by atoms with E-state index in [0.717, 1.165) is 11.0 Å². The van der Waals surface area contributed by atoms with E-state index in [-0.39, 0.29) is 12.5 Å². The summed E-state index contributed by atoms with van der Waals surface area (Å²) in [5, 5.41) is 5.39. The van der Waals surface area contributed by atoms with Crippen molar-refractivity contribution in [3.8, 4) is 11.5 Å². The van der Waals surface area contributed by atoms with Crippen LogP contribution in [0.25, 0.3) is 0 Å². The molecule has 0 saturated heterocycles. The summed E-state index contributed by atoms with van der Waals surface area (Å²) in [5.41, 5.74) is 0.0160. The standard InChI is InChI=1S/C24H28FN3O6S/c1-15(23(31)27-24(2,3)4)28(18-7-5-6-16(25)10-18)22(30)13-35(32)12-21(29)26-17-8-9-19-20(11-17)34-14-33-19/h5-11,15H,12-14H2,1-4H3,(H,26,29)(H,27,31). The van der Waals surface area contributed by atoms with E-state index in [1.54, 1.807) is 39.0 Å². The lowest BCUT2D eigenvalue weighted by Crippen LogP contribution is -2.53. The fourth-order valence-electron chi connectivity index (χ4n) is 3.38. The second-order valence-corrected chi connectivity index (χ2v) is 10.5. The molecule has 2 aromatic rings. The molecule has 9 nitrogen and oxygen atoms in total. The summed E-state index contributed by atoms with van der Waals surface area (Å²) >= 11 is 0. The van der Waals surface area contributed by atoms with E-state index < -0.39 is 57.4 Å². The molecule has 0 saturated carbocycles. The monoisotopic (exact) mass is 505 g/mol. The molecule has 188 valence electrons. The van der Waals surface area contributed by atoms with Crippen molar-refractivity contribution in [3.05, 3.63) is 48.3 Å². The fraction of sp³-hybridized carbons (Fsp3) is 0.375. The highest BCUT2D eigenvalue weighted by molar-refractivity contribution is 7.86. The van der Waals surface area contributed by atoms with Gasteiger partial charge in [0.1, 0.15) is 23.4 Å². The summed E-state index contributed by atoms with van der Waals surface area (Å²) in [6, 6.07) is 9.04. The van der Waals surface area contributed by atoms with Crippen molar-refractivity contribution in [2.45, 2.75) is 39.3 Å². The van der Waals surface area contributed by atoms with Gasteiger partial charge >= 0.3 is 0 Å². The lowest BCUT2D eigenvalue weighted by molar-refractivity contribution is -0.126. The molecule has 1 aliphatic rings. The molecule has 2 unspecified atom stereocenters. The first-order valence-electron chi connectivity index (χ1n) is 10.9. The average Bonchev–Trinajstić information content (AvgIpc) is 3.20. The molecule has 2 aromatic carbocycles. The van der Waals surface area contributed by atoms with Crippen molar-refractivity contribution in [2.24, 2.45) is 0 Å². The molecule has 0 radical (unpaired) electrons. The Hall–Kier alpha value is -3.47.